The van der Waals surface area contributed by atoms with Gasteiger partial charge in [0.15, 0.2) is 5.75 Å². The van der Waals surface area contributed by atoms with Gasteiger partial charge < -0.3 is 21.2 Å². The highest BCUT2D eigenvalue weighted by Crippen LogP contribution is 2.55. The van der Waals surface area contributed by atoms with Crippen LogP contribution in [0.3, 0.4) is 0 Å². The molecule has 2 atom stereocenters. The molecule has 1 aliphatic heterocycles. The largest absolute Gasteiger partial charge is 0.405 e. The zero-order valence-electron chi connectivity index (χ0n) is 32.4. The molecule has 0 radical (unpaired) electrons. The summed E-state index contributed by atoms with van der Waals surface area (Å²) in [4.78, 5) is 22.8. The molecule has 0 bridgehead atoms. The second-order valence-corrected chi connectivity index (χ2v) is 15.5. The number of aromatic nitrogens is 2. The fourth-order valence-electron chi connectivity index (χ4n) is 7.00. The summed E-state index contributed by atoms with van der Waals surface area (Å²) in [5, 5.41) is 3.68. The second-order valence-electron chi connectivity index (χ2n) is 14.3. The number of nitrogens with zero attached hydrogens (tertiary/aromatic N) is 6. The van der Waals surface area contributed by atoms with Crippen molar-refractivity contribution in [1.82, 2.24) is 19.3 Å². The molecule has 4 N–H and O–H groups in total. The fraction of sp³-hybridized carbons (Fsp3) is 0.409. The van der Waals surface area contributed by atoms with E-state index in [9.17, 15) is 0 Å². The standard InChI is InChI=1S/C43H55ClN8OS.CH4/c1-8-31(14-12-10-9-11-13-29(4)15-16-33(19-20-45)48-26-28(2)3)36-37-34(17-18-35(40(37)44)53-52-23-21-51(7)22-24-52)38-39-42(36)50-54-43(39)30(5)49-41(38)32(25-46)27-47-6;/h8-11,13,17-20,25,27-28,31,36H,1,4,12,14-16,21-24,26,45-46H2,2-3,5-7H3;1H4/b10-9-,13-11-,20-19-,32-25+,47-27?,48-33?;. The number of rotatable bonds is 17. The van der Waals surface area contributed by atoms with Crippen molar-refractivity contribution in [2.75, 3.05) is 46.8 Å². The molecule has 3 aromatic rings. The van der Waals surface area contributed by atoms with Crippen molar-refractivity contribution >= 4 is 50.7 Å². The Hall–Kier alpha value is -4.35. The maximum Gasteiger partial charge on any atom is 0.166 e. The molecule has 0 amide bonds. The molecule has 1 saturated heterocycles. The van der Waals surface area contributed by atoms with Gasteiger partial charge in [0.25, 0.3) is 0 Å². The number of aryl methyl sites for hydroxylation is 1. The Bertz CT molecular complexity index is 2000. The van der Waals surface area contributed by atoms with Crippen LogP contribution in [0, 0.1) is 18.8 Å². The summed E-state index contributed by atoms with van der Waals surface area (Å²) in [5.41, 5.74) is 20.2. The zero-order chi connectivity index (χ0) is 38.8. The molecule has 0 saturated carbocycles. The van der Waals surface area contributed by atoms with Gasteiger partial charge in [0.1, 0.15) is 0 Å². The van der Waals surface area contributed by atoms with E-state index >= 15 is 0 Å². The molecule has 3 heterocycles. The Labute approximate surface area is 337 Å². The van der Waals surface area contributed by atoms with Crippen LogP contribution >= 0.6 is 23.1 Å². The van der Waals surface area contributed by atoms with Crippen molar-refractivity contribution in [2.24, 2.45) is 33.3 Å². The summed E-state index contributed by atoms with van der Waals surface area (Å²) in [5.74, 6) is 1.04. The van der Waals surface area contributed by atoms with Crippen molar-refractivity contribution in [1.29, 1.82) is 0 Å². The summed E-state index contributed by atoms with van der Waals surface area (Å²) >= 11 is 8.95. The normalized spacial score (nSPS) is 17.5. The number of allylic oxidation sites excluding steroid dienone is 8. The Balaban J connectivity index is 0.00000673. The number of aliphatic imine (C=N–C) groups is 2. The Morgan fingerprint density at radius 3 is 2.58 bits per heavy atom. The first-order chi connectivity index (χ1) is 26.1. The van der Waals surface area contributed by atoms with Gasteiger partial charge in [0.2, 0.25) is 0 Å². The average Bonchev–Trinajstić information content (AvgIpc) is 3.61. The Morgan fingerprint density at radius 2 is 1.91 bits per heavy atom. The van der Waals surface area contributed by atoms with Crippen LogP contribution in [0.15, 0.2) is 89.7 Å². The number of piperazine rings is 1. The molecule has 11 heteroatoms. The van der Waals surface area contributed by atoms with E-state index in [0.29, 0.717) is 16.7 Å². The van der Waals surface area contributed by atoms with Crippen LogP contribution < -0.4 is 16.3 Å². The molecule has 0 spiro atoms. The molecular weight excluding hydrogens is 724 g/mol. The van der Waals surface area contributed by atoms with Gasteiger partial charge in [-0.05, 0) is 92.5 Å². The number of likely N-dealkylation sites (N-methyl/N-ethyl adjacent to an activating group) is 1. The summed E-state index contributed by atoms with van der Waals surface area (Å²) in [6.45, 7) is 19.2. The number of halogens is 1. The molecule has 2 unspecified atom stereocenters. The summed E-state index contributed by atoms with van der Waals surface area (Å²) < 4.78 is 6.20. The van der Waals surface area contributed by atoms with Gasteiger partial charge in [0, 0.05) is 80.3 Å². The lowest BCUT2D eigenvalue weighted by Gasteiger charge is -2.34. The molecule has 294 valence electrons. The number of hydrogen-bond acceptors (Lipinski definition) is 10. The number of hydrogen-bond donors (Lipinski definition) is 2. The maximum absolute atomic E-state index is 7.47. The number of nitrogens with two attached hydrogens (primary N) is 2. The minimum atomic E-state index is -0.139. The fourth-order valence-corrected chi connectivity index (χ4v) is 8.19. The van der Waals surface area contributed by atoms with Crippen LogP contribution in [0.25, 0.3) is 26.8 Å². The third kappa shape index (κ3) is 10.3. The highest BCUT2D eigenvalue weighted by atomic mass is 35.5. The third-order valence-electron chi connectivity index (χ3n) is 9.87. The van der Waals surface area contributed by atoms with Crippen LogP contribution in [0.5, 0.6) is 5.75 Å². The van der Waals surface area contributed by atoms with Crippen molar-refractivity contribution in [3.63, 3.8) is 0 Å². The number of fused-ring (bicyclic) bond motifs is 2. The number of hydroxylamine groups is 2. The van der Waals surface area contributed by atoms with Crippen LogP contribution in [-0.2, 0) is 0 Å². The first-order valence-corrected chi connectivity index (χ1v) is 19.9. The molecule has 55 heavy (non-hydrogen) atoms. The second kappa shape index (κ2) is 20.5. The van der Waals surface area contributed by atoms with E-state index in [4.69, 9.17) is 42.3 Å². The van der Waals surface area contributed by atoms with Crippen LogP contribution in [0.4, 0.5) is 0 Å². The first kappa shape index (κ1) is 43.4. The topological polar surface area (TPSA) is 118 Å². The quantitative estimate of drug-likeness (QED) is 0.0796. The minimum absolute atomic E-state index is 0. The van der Waals surface area contributed by atoms with Gasteiger partial charge >= 0.3 is 0 Å². The van der Waals surface area contributed by atoms with Gasteiger partial charge in [-0.15, -0.1) is 11.6 Å². The van der Waals surface area contributed by atoms with E-state index < -0.39 is 0 Å². The Morgan fingerprint density at radius 1 is 1.15 bits per heavy atom. The third-order valence-corrected chi connectivity index (χ3v) is 11.2. The maximum atomic E-state index is 7.47. The number of pyridine rings is 1. The van der Waals surface area contributed by atoms with E-state index in [1.807, 2.05) is 24.1 Å². The van der Waals surface area contributed by atoms with Gasteiger partial charge in [-0.3, -0.25) is 15.0 Å². The molecule has 9 nitrogen and oxygen atoms in total. The van der Waals surface area contributed by atoms with Crippen molar-refractivity contribution in [3.05, 3.63) is 107 Å². The molecule has 1 aliphatic carbocycles. The molecule has 2 aromatic heterocycles. The molecule has 1 aromatic carbocycles. The number of benzene rings is 1. The Kier molecular flexibility index (Phi) is 16.2. The van der Waals surface area contributed by atoms with Crippen LogP contribution in [0.1, 0.15) is 75.5 Å². The smallest absolute Gasteiger partial charge is 0.166 e. The van der Waals surface area contributed by atoms with Crippen molar-refractivity contribution in [3.8, 4) is 16.9 Å². The highest BCUT2D eigenvalue weighted by molar-refractivity contribution is 7.13. The molecule has 1 fully saturated rings. The average molecular weight is 784 g/mol. The van der Waals surface area contributed by atoms with Crippen LogP contribution in [0.2, 0.25) is 5.02 Å². The van der Waals surface area contributed by atoms with E-state index in [1.54, 1.807) is 25.7 Å². The summed E-state index contributed by atoms with van der Waals surface area (Å²) in [7, 11) is 3.86. The summed E-state index contributed by atoms with van der Waals surface area (Å²) in [6, 6.07) is 4.10. The van der Waals surface area contributed by atoms with Gasteiger partial charge in [-0.2, -0.15) is 4.37 Å². The highest BCUT2D eigenvalue weighted by Gasteiger charge is 2.39. The van der Waals surface area contributed by atoms with Crippen molar-refractivity contribution in [2.45, 2.75) is 59.8 Å². The van der Waals surface area contributed by atoms with Crippen LogP contribution in [-0.4, -0.2) is 78.1 Å². The van der Waals surface area contributed by atoms with E-state index in [1.165, 1.54) is 11.5 Å². The monoisotopic (exact) mass is 782 g/mol. The van der Waals surface area contributed by atoms with Crippen molar-refractivity contribution < 1.29 is 4.84 Å². The van der Waals surface area contributed by atoms with Gasteiger partial charge in [-0.25, -0.2) is 0 Å². The molecular formula is C44H59ClN8OS. The van der Waals surface area contributed by atoms with Gasteiger partial charge in [-0.1, -0.05) is 81.5 Å². The van der Waals surface area contributed by atoms with E-state index in [-0.39, 0.29) is 19.3 Å². The predicted octanol–water partition coefficient (Wildman–Crippen LogP) is 9.54. The lowest BCUT2D eigenvalue weighted by atomic mass is 9.72. The predicted molar refractivity (Wildman–Crippen MR) is 237 cm³/mol. The van der Waals surface area contributed by atoms with E-state index in [0.717, 1.165) is 119 Å². The zero-order valence-corrected chi connectivity index (χ0v) is 34.0. The SMILES string of the molecule is C.C=CC(CC/C=C\C=C/C(=C)CCC(/C=C\N)=NCC(C)C)C1c2c(ccc(ON3CCN(C)CC3)c2Cl)-c2c(/C(C=NC)=C/N)nc(C)c3snc1c23. The molecule has 2 aliphatic rings. The minimum Gasteiger partial charge on any atom is -0.405 e. The summed E-state index contributed by atoms with van der Waals surface area (Å²) in [6.07, 6.45) is 20.6. The lowest BCUT2D eigenvalue weighted by molar-refractivity contribution is -0.0848. The van der Waals surface area contributed by atoms with E-state index in [2.05, 4.69) is 80.4 Å². The first-order valence-electron chi connectivity index (χ1n) is 18.7. The molecule has 5 rings (SSSR count). The van der Waals surface area contributed by atoms with Gasteiger partial charge in [0.05, 0.1) is 26.8 Å². The lowest BCUT2D eigenvalue weighted by Crippen LogP contribution is -2.45.